The molecule has 5 heteroatoms. The third kappa shape index (κ3) is 5.19. The lowest BCUT2D eigenvalue weighted by Gasteiger charge is -2.04. The van der Waals surface area contributed by atoms with Crippen molar-refractivity contribution >= 4 is 17.2 Å². The molecule has 1 aromatic rings. The van der Waals surface area contributed by atoms with Gasteiger partial charge in [-0.2, -0.15) is 0 Å². The number of amidine groups is 1. The van der Waals surface area contributed by atoms with Gasteiger partial charge in [-0.3, -0.25) is 0 Å². The van der Waals surface area contributed by atoms with Crippen LogP contribution in [0, 0.1) is 0 Å². The Morgan fingerprint density at radius 3 is 3.06 bits per heavy atom. The van der Waals surface area contributed by atoms with Crippen LogP contribution in [-0.2, 0) is 13.0 Å². The third-order valence-electron chi connectivity index (χ3n) is 2.67. The van der Waals surface area contributed by atoms with Gasteiger partial charge in [0.15, 0.2) is 0 Å². The summed E-state index contributed by atoms with van der Waals surface area (Å²) >= 11 is 1.81. The summed E-state index contributed by atoms with van der Waals surface area (Å²) < 4.78 is 0. The number of oxime groups is 1. The fourth-order valence-electron chi connectivity index (χ4n) is 1.65. The lowest BCUT2D eigenvalue weighted by atomic mass is 10.2. The highest BCUT2D eigenvalue weighted by atomic mass is 32.1. The topological polar surface area (TPSA) is 70.6 Å². The highest BCUT2D eigenvalue weighted by Gasteiger charge is 2.01. The first-order valence-corrected chi connectivity index (χ1v) is 6.88. The zero-order chi connectivity index (χ0) is 12.5. The van der Waals surface area contributed by atoms with Gasteiger partial charge in [-0.05, 0) is 42.8 Å². The molecule has 0 aliphatic heterocycles. The number of hydrogen-bond acceptors (Lipinski definition) is 4. The standard InChI is InChI=1S/C12H21N3OS/c1-2-10-6-8-17-11(10)9-14-7-4-3-5-12(13)15-16/h6,8,14,16H,2-5,7,9H2,1H3,(H2,13,15). The van der Waals surface area contributed by atoms with E-state index in [1.54, 1.807) is 0 Å². The maximum atomic E-state index is 8.37. The summed E-state index contributed by atoms with van der Waals surface area (Å²) in [6.45, 7) is 4.10. The van der Waals surface area contributed by atoms with Crippen molar-refractivity contribution in [3.05, 3.63) is 21.9 Å². The zero-order valence-corrected chi connectivity index (χ0v) is 11.1. The second-order valence-corrected chi connectivity index (χ2v) is 4.95. The summed E-state index contributed by atoms with van der Waals surface area (Å²) in [6, 6.07) is 2.19. The van der Waals surface area contributed by atoms with Gasteiger partial charge in [0.05, 0.1) is 0 Å². The molecule has 1 rings (SSSR count). The Labute approximate surface area is 107 Å². The van der Waals surface area contributed by atoms with E-state index in [2.05, 4.69) is 28.8 Å². The molecule has 1 aromatic heterocycles. The third-order valence-corrected chi connectivity index (χ3v) is 3.63. The van der Waals surface area contributed by atoms with Gasteiger partial charge in [0.2, 0.25) is 0 Å². The fraction of sp³-hybridized carbons (Fsp3) is 0.583. The van der Waals surface area contributed by atoms with E-state index in [4.69, 9.17) is 10.9 Å². The van der Waals surface area contributed by atoms with Crippen LogP contribution in [0.15, 0.2) is 16.6 Å². The molecule has 1 heterocycles. The molecule has 0 spiro atoms. The van der Waals surface area contributed by atoms with Gasteiger partial charge >= 0.3 is 0 Å². The lowest BCUT2D eigenvalue weighted by molar-refractivity contribution is 0.316. The molecule has 0 unspecified atom stereocenters. The molecular weight excluding hydrogens is 234 g/mol. The number of unbranched alkanes of at least 4 members (excludes halogenated alkanes) is 1. The minimum atomic E-state index is 0.316. The predicted octanol–water partition coefficient (Wildman–Crippen LogP) is 2.32. The fourth-order valence-corrected chi connectivity index (χ4v) is 2.59. The van der Waals surface area contributed by atoms with Crippen LogP contribution in [0.5, 0.6) is 0 Å². The second-order valence-electron chi connectivity index (χ2n) is 3.95. The van der Waals surface area contributed by atoms with Crippen molar-refractivity contribution in [2.75, 3.05) is 6.54 Å². The van der Waals surface area contributed by atoms with Crippen molar-refractivity contribution in [2.24, 2.45) is 10.9 Å². The molecule has 0 amide bonds. The molecule has 0 radical (unpaired) electrons. The first kappa shape index (κ1) is 14.0. The van der Waals surface area contributed by atoms with Gasteiger partial charge in [0, 0.05) is 17.8 Å². The van der Waals surface area contributed by atoms with Crippen LogP contribution in [0.1, 0.15) is 36.6 Å². The van der Waals surface area contributed by atoms with Crippen molar-refractivity contribution < 1.29 is 5.21 Å². The van der Waals surface area contributed by atoms with Gasteiger partial charge in [-0.25, -0.2) is 0 Å². The number of nitrogens with two attached hydrogens (primary N) is 1. The van der Waals surface area contributed by atoms with Crippen LogP contribution in [0.4, 0.5) is 0 Å². The summed E-state index contributed by atoms with van der Waals surface area (Å²) in [5.74, 6) is 0.316. The second kappa shape index (κ2) is 8.08. The number of rotatable bonds is 8. The number of thiophene rings is 1. The quantitative estimate of drug-likeness (QED) is 0.219. The largest absolute Gasteiger partial charge is 0.409 e. The molecule has 4 N–H and O–H groups in total. The van der Waals surface area contributed by atoms with Crippen molar-refractivity contribution in [1.82, 2.24) is 5.32 Å². The molecule has 17 heavy (non-hydrogen) atoms. The average molecular weight is 255 g/mol. The van der Waals surface area contributed by atoms with E-state index in [9.17, 15) is 0 Å². The Morgan fingerprint density at radius 2 is 2.35 bits per heavy atom. The zero-order valence-electron chi connectivity index (χ0n) is 10.3. The van der Waals surface area contributed by atoms with Crippen LogP contribution in [0.3, 0.4) is 0 Å². The van der Waals surface area contributed by atoms with E-state index in [1.165, 1.54) is 10.4 Å². The molecule has 96 valence electrons. The SMILES string of the molecule is CCc1ccsc1CNCCCCC(N)=NO. The Kier molecular flexibility index (Phi) is 6.65. The predicted molar refractivity (Wildman–Crippen MR) is 72.7 cm³/mol. The van der Waals surface area contributed by atoms with Crippen LogP contribution in [-0.4, -0.2) is 17.6 Å². The maximum Gasteiger partial charge on any atom is 0.139 e. The Balaban J connectivity index is 2.08. The van der Waals surface area contributed by atoms with E-state index in [0.717, 1.165) is 32.4 Å². The summed E-state index contributed by atoms with van der Waals surface area (Å²) in [4.78, 5) is 1.43. The first-order valence-electron chi connectivity index (χ1n) is 6.00. The van der Waals surface area contributed by atoms with E-state index in [1.807, 2.05) is 11.3 Å². The van der Waals surface area contributed by atoms with E-state index < -0.39 is 0 Å². The minimum Gasteiger partial charge on any atom is -0.409 e. The molecule has 0 bridgehead atoms. The monoisotopic (exact) mass is 255 g/mol. The number of nitrogens with zero attached hydrogens (tertiary/aromatic N) is 1. The molecule has 0 fully saturated rings. The molecule has 0 aliphatic rings. The smallest absolute Gasteiger partial charge is 0.139 e. The Hall–Kier alpha value is -1.07. The molecule has 0 saturated carbocycles. The molecular formula is C12H21N3OS. The van der Waals surface area contributed by atoms with Crippen LogP contribution in [0.2, 0.25) is 0 Å². The minimum absolute atomic E-state index is 0.316. The van der Waals surface area contributed by atoms with E-state index in [0.29, 0.717) is 12.3 Å². The van der Waals surface area contributed by atoms with Gasteiger partial charge in [0.25, 0.3) is 0 Å². The highest BCUT2D eigenvalue weighted by molar-refractivity contribution is 7.10. The van der Waals surface area contributed by atoms with Gasteiger partial charge in [-0.15, -0.1) is 11.3 Å². The number of nitrogens with one attached hydrogen (secondary N) is 1. The highest BCUT2D eigenvalue weighted by Crippen LogP contribution is 2.16. The summed E-state index contributed by atoms with van der Waals surface area (Å²) in [5, 5.41) is 16.9. The first-order chi connectivity index (χ1) is 8.27. The molecule has 0 atom stereocenters. The summed E-state index contributed by atoms with van der Waals surface area (Å²) in [6.07, 6.45) is 3.76. The number of aryl methyl sites for hydroxylation is 1. The van der Waals surface area contributed by atoms with Gasteiger partial charge in [-0.1, -0.05) is 12.1 Å². The van der Waals surface area contributed by atoms with Crippen LogP contribution in [0.25, 0.3) is 0 Å². The van der Waals surface area contributed by atoms with E-state index in [-0.39, 0.29) is 0 Å². The van der Waals surface area contributed by atoms with Crippen molar-refractivity contribution in [3.8, 4) is 0 Å². The van der Waals surface area contributed by atoms with E-state index >= 15 is 0 Å². The van der Waals surface area contributed by atoms with Gasteiger partial charge < -0.3 is 16.3 Å². The number of hydrogen-bond donors (Lipinski definition) is 3. The summed E-state index contributed by atoms with van der Waals surface area (Å²) in [5.41, 5.74) is 6.83. The Bertz CT molecular complexity index is 349. The normalized spacial score (nSPS) is 11.9. The lowest BCUT2D eigenvalue weighted by Crippen LogP contribution is -2.16. The van der Waals surface area contributed by atoms with Crippen molar-refractivity contribution in [1.29, 1.82) is 0 Å². The molecule has 0 saturated heterocycles. The molecule has 0 aromatic carbocycles. The average Bonchev–Trinajstić information content (AvgIpc) is 2.80. The van der Waals surface area contributed by atoms with Crippen molar-refractivity contribution in [3.63, 3.8) is 0 Å². The van der Waals surface area contributed by atoms with Gasteiger partial charge in [0.1, 0.15) is 5.84 Å². The Morgan fingerprint density at radius 1 is 1.53 bits per heavy atom. The van der Waals surface area contributed by atoms with Crippen LogP contribution >= 0.6 is 11.3 Å². The maximum absolute atomic E-state index is 8.37. The van der Waals surface area contributed by atoms with Crippen molar-refractivity contribution in [2.45, 2.75) is 39.2 Å². The van der Waals surface area contributed by atoms with Crippen LogP contribution < -0.4 is 11.1 Å². The molecule has 0 aliphatic carbocycles. The summed E-state index contributed by atoms with van der Waals surface area (Å²) in [7, 11) is 0. The molecule has 4 nitrogen and oxygen atoms in total.